The first-order chi connectivity index (χ1) is 3.72. The third-order valence-electron chi connectivity index (χ3n) is 1.72. The van der Waals surface area contributed by atoms with E-state index >= 15 is 0 Å². The van der Waals surface area contributed by atoms with Gasteiger partial charge in [-0.15, -0.1) is 0 Å². The van der Waals surface area contributed by atoms with Gasteiger partial charge < -0.3 is 4.74 Å². The molecule has 2 rings (SSSR count). The average molecular weight is 113 g/mol. The van der Waals surface area contributed by atoms with Crippen LogP contribution < -0.4 is 0 Å². The minimum absolute atomic E-state index is 0.0689. The zero-order chi connectivity index (χ0) is 5.78. The number of hydrogen-bond donors (Lipinski definition) is 0. The summed E-state index contributed by atoms with van der Waals surface area (Å²) in [6.45, 7) is 4.87. The van der Waals surface area contributed by atoms with Crippen LogP contribution in [0.3, 0.4) is 0 Å². The highest BCUT2D eigenvalue weighted by molar-refractivity contribution is 4.77. The molecule has 0 saturated carbocycles. The molecule has 2 heterocycles. The summed E-state index contributed by atoms with van der Waals surface area (Å²) in [6.07, 6.45) is 0.222. The van der Waals surface area contributed by atoms with Gasteiger partial charge in [-0.05, 0) is 0 Å². The Hall–Kier alpha value is -0.440. The molecule has 3 nitrogen and oxygen atoms in total. The predicted molar refractivity (Wildman–Crippen MR) is 26.5 cm³/mol. The highest BCUT2D eigenvalue weighted by Gasteiger charge is 2.63. The molecule has 1 fully saturated rings. The van der Waals surface area contributed by atoms with Gasteiger partial charge in [0.2, 0.25) is 0 Å². The normalized spacial score (nSPS) is 50.8. The molecule has 0 spiro atoms. The molecule has 3 heteroatoms. The molecule has 2 unspecified atom stereocenters. The monoisotopic (exact) mass is 113 g/mol. The van der Waals surface area contributed by atoms with Gasteiger partial charge in [0, 0.05) is 19.0 Å². The second kappa shape index (κ2) is 0.957. The lowest BCUT2D eigenvalue weighted by molar-refractivity contribution is -0.554. The van der Waals surface area contributed by atoms with Crippen LogP contribution in [0.4, 0.5) is 0 Å². The van der Waals surface area contributed by atoms with Crippen molar-refractivity contribution >= 4 is 0 Å². The average Bonchev–Trinajstić information content (AvgIpc) is 2.32. The van der Waals surface area contributed by atoms with Gasteiger partial charge in [0.25, 0.3) is 6.23 Å². The lowest BCUT2D eigenvalue weighted by Gasteiger charge is -1.86. The standard InChI is InChI=1S/C5H9N2O/c1-4-7-5(2,6-7)3-8-4/h4H,3H2,1-2H3/q+1. The van der Waals surface area contributed by atoms with Crippen molar-refractivity contribution in [3.05, 3.63) is 0 Å². The first kappa shape index (κ1) is 4.44. The Kier molecular flexibility index (Phi) is 0.531. The predicted octanol–water partition coefficient (Wildman–Crippen LogP) is 0.557. The zero-order valence-corrected chi connectivity index (χ0v) is 5.09. The summed E-state index contributed by atoms with van der Waals surface area (Å²) < 4.78 is 7.24. The molecule has 1 saturated heterocycles. The molecule has 0 bridgehead atoms. The molecule has 0 aromatic carbocycles. The van der Waals surface area contributed by atoms with E-state index in [0.29, 0.717) is 0 Å². The Balaban J connectivity index is 2.23. The van der Waals surface area contributed by atoms with E-state index in [2.05, 4.69) is 12.0 Å². The van der Waals surface area contributed by atoms with E-state index < -0.39 is 0 Å². The summed E-state index contributed by atoms with van der Waals surface area (Å²) in [7, 11) is 0. The van der Waals surface area contributed by atoms with Gasteiger partial charge in [-0.25, -0.2) is 0 Å². The Morgan fingerprint density at radius 2 is 2.62 bits per heavy atom. The maximum absolute atomic E-state index is 5.25. The molecule has 2 aliphatic heterocycles. The van der Waals surface area contributed by atoms with E-state index in [-0.39, 0.29) is 11.9 Å². The van der Waals surface area contributed by atoms with Gasteiger partial charge in [-0.3, -0.25) is 0 Å². The highest BCUT2D eigenvalue weighted by atomic mass is 16.5. The van der Waals surface area contributed by atoms with Gasteiger partial charge in [0.15, 0.2) is 0 Å². The third kappa shape index (κ3) is 0.336. The van der Waals surface area contributed by atoms with E-state index in [1.165, 1.54) is 0 Å². The lowest BCUT2D eigenvalue weighted by Crippen LogP contribution is -2.13. The number of ether oxygens (including phenoxy) is 1. The topological polar surface area (TPSA) is 24.6 Å². The lowest BCUT2D eigenvalue weighted by atomic mass is 10.3. The molecule has 0 radical (unpaired) electrons. The van der Waals surface area contributed by atoms with Gasteiger partial charge in [-0.2, -0.15) is 0 Å². The Morgan fingerprint density at radius 1 is 1.88 bits per heavy atom. The third-order valence-corrected chi connectivity index (χ3v) is 1.72. The van der Waals surface area contributed by atoms with Crippen LogP contribution in [0, 0.1) is 0 Å². The van der Waals surface area contributed by atoms with Crippen molar-refractivity contribution in [2.24, 2.45) is 5.11 Å². The fraction of sp³-hybridized carbons (Fsp3) is 1.00. The summed E-state index contributed by atoms with van der Waals surface area (Å²) in [5, 5.41) is 4.18. The Morgan fingerprint density at radius 3 is 2.75 bits per heavy atom. The smallest absolute Gasteiger partial charge is 0.310 e. The van der Waals surface area contributed by atoms with Crippen molar-refractivity contribution in [2.45, 2.75) is 25.7 Å². The van der Waals surface area contributed by atoms with Crippen molar-refractivity contribution in [1.82, 2.24) is 0 Å². The fourth-order valence-electron chi connectivity index (χ4n) is 1.13. The first-order valence-corrected chi connectivity index (χ1v) is 2.86. The largest absolute Gasteiger partial charge is 0.356 e. The molecule has 0 aromatic heterocycles. The van der Waals surface area contributed by atoms with E-state index in [9.17, 15) is 0 Å². The zero-order valence-electron chi connectivity index (χ0n) is 5.09. The summed E-state index contributed by atoms with van der Waals surface area (Å²) in [5.41, 5.74) is 0.0689. The molecule has 2 aliphatic rings. The van der Waals surface area contributed by atoms with Gasteiger partial charge >= 0.3 is 5.66 Å². The summed E-state index contributed by atoms with van der Waals surface area (Å²) in [5.74, 6) is 0. The minimum Gasteiger partial charge on any atom is -0.310 e. The van der Waals surface area contributed by atoms with Gasteiger partial charge in [-0.1, -0.05) is 4.70 Å². The summed E-state index contributed by atoms with van der Waals surface area (Å²) in [4.78, 5) is 0. The van der Waals surface area contributed by atoms with Crippen molar-refractivity contribution in [3.8, 4) is 0 Å². The van der Waals surface area contributed by atoms with Crippen LogP contribution in [-0.4, -0.2) is 23.2 Å². The van der Waals surface area contributed by atoms with Crippen molar-refractivity contribution in [3.63, 3.8) is 0 Å². The van der Waals surface area contributed by atoms with Gasteiger partial charge in [0.1, 0.15) is 6.61 Å². The second-order valence-corrected chi connectivity index (χ2v) is 2.57. The first-order valence-electron chi connectivity index (χ1n) is 2.86. The molecular formula is C5H9N2O+. The second-order valence-electron chi connectivity index (χ2n) is 2.57. The maximum atomic E-state index is 5.25. The van der Waals surface area contributed by atoms with Crippen LogP contribution in [0.25, 0.3) is 0 Å². The van der Waals surface area contributed by atoms with Crippen LogP contribution in [0.5, 0.6) is 0 Å². The molecule has 0 aromatic rings. The van der Waals surface area contributed by atoms with E-state index in [0.717, 1.165) is 6.61 Å². The molecule has 0 aliphatic carbocycles. The Bertz CT molecular complexity index is 166. The summed E-state index contributed by atoms with van der Waals surface area (Å²) in [6, 6.07) is 0. The van der Waals surface area contributed by atoms with Crippen molar-refractivity contribution < 1.29 is 9.43 Å². The minimum atomic E-state index is 0.0689. The molecule has 8 heavy (non-hydrogen) atoms. The number of rotatable bonds is 0. The van der Waals surface area contributed by atoms with Crippen molar-refractivity contribution in [2.75, 3.05) is 6.61 Å². The molecule has 0 amide bonds. The Labute approximate surface area is 48.0 Å². The number of fused-ring (bicyclic) bond motifs is 1. The summed E-state index contributed by atoms with van der Waals surface area (Å²) >= 11 is 0. The van der Waals surface area contributed by atoms with Crippen LogP contribution in [0.2, 0.25) is 0 Å². The maximum Gasteiger partial charge on any atom is 0.356 e. The van der Waals surface area contributed by atoms with E-state index in [1.54, 1.807) is 0 Å². The SMILES string of the molecule is CC1OCC2(C)N=[N+]12. The molecule has 0 N–H and O–H groups in total. The van der Waals surface area contributed by atoms with Gasteiger partial charge in [0.05, 0.1) is 0 Å². The van der Waals surface area contributed by atoms with E-state index in [1.807, 2.05) is 11.6 Å². The highest BCUT2D eigenvalue weighted by Crippen LogP contribution is 2.35. The number of nitrogens with zero attached hydrogens (tertiary/aromatic N) is 2. The molecule has 2 atom stereocenters. The van der Waals surface area contributed by atoms with E-state index in [4.69, 9.17) is 4.74 Å². The molecule has 44 valence electrons. The van der Waals surface area contributed by atoms with Crippen molar-refractivity contribution in [1.29, 1.82) is 0 Å². The van der Waals surface area contributed by atoms with Crippen LogP contribution >= 0.6 is 0 Å². The number of azo groups is 1. The van der Waals surface area contributed by atoms with Crippen LogP contribution in [0.1, 0.15) is 13.8 Å². The van der Waals surface area contributed by atoms with Crippen LogP contribution in [0.15, 0.2) is 5.11 Å². The number of hydrogen-bond acceptors (Lipinski definition) is 2. The quantitative estimate of drug-likeness (QED) is 0.421. The molecular weight excluding hydrogens is 104 g/mol. The fourth-order valence-corrected chi connectivity index (χ4v) is 1.13. The van der Waals surface area contributed by atoms with Crippen LogP contribution in [-0.2, 0) is 4.74 Å².